The average molecular weight is 291 g/mol. The molecule has 0 aliphatic rings. The largest absolute Gasteiger partial charge is 0.322 e. The minimum Gasteiger partial charge on any atom is -0.322 e. The molecule has 3 heteroatoms. The maximum atomic E-state index is 12.8. The number of carbonyl (C=O) groups excluding carboxylic acids is 1. The third-order valence-corrected chi connectivity index (χ3v) is 3.36. The summed E-state index contributed by atoms with van der Waals surface area (Å²) in [6.07, 6.45) is 0. The Morgan fingerprint density at radius 3 is 1.95 bits per heavy atom. The van der Waals surface area contributed by atoms with Gasteiger partial charge in [-0.1, -0.05) is 42.5 Å². The van der Waals surface area contributed by atoms with Crippen molar-refractivity contribution in [2.45, 2.75) is 0 Å². The first-order valence-electron chi connectivity index (χ1n) is 6.95. The van der Waals surface area contributed by atoms with E-state index in [1.165, 1.54) is 24.3 Å². The highest BCUT2D eigenvalue weighted by Crippen LogP contribution is 2.19. The molecule has 0 heterocycles. The zero-order valence-electron chi connectivity index (χ0n) is 11.8. The third kappa shape index (κ3) is 3.20. The Balaban J connectivity index is 1.75. The number of nitrogens with one attached hydrogen (secondary N) is 1. The van der Waals surface area contributed by atoms with Gasteiger partial charge in [0.05, 0.1) is 0 Å². The summed E-state index contributed by atoms with van der Waals surface area (Å²) in [5.74, 6) is -0.545. The van der Waals surface area contributed by atoms with E-state index in [0.29, 0.717) is 11.3 Å². The second kappa shape index (κ2) is 6.22. The highest BCUT2D eigenvalue weighted by molar-refractivity contribution is 6.04. The van der Waals surface area contributed by atoms with Crippen LogP contribution in [0.15, 0.2) is 78.9 Å². The van der Waals surface area contributed by atoms with E-state index in [-0.39, 0.29) is 11.7 Å². The second-order valence-electron chi connectivity index (χ2n) is 4.90. The van der Waals surface area contributed by atoms with Crippen molar-refractivity contribution < 1.29 is 9.18 Å². The molecule has 3 rings (SSSR count). The zero-order valence-corrected chi connectivity index (χ0v) is 11.8. The van der Waals surface area contributed by atoms with Gasteiger partial charge >= 0.3 is 0 Å². The van der Waals surface area contributed by atoms with Crippen LogP contribution in [-0.2, 0) is 0 Å². The van der Waals surface area contributed by atoms with E-state index >= 15 is 0 Å². The number of carbonyl (C=O) groups is 1. The number of halogens is 1. The SMILES string of the molecule is O=C(Nc1ccc(F)cc1)c1ccc(-c2ccccc2)cc1. The van der Waals surface area contributed by atoms with E-state index in [0.717, 1.165) is 11.1 Å². The first-order valence-corrected chi connectivity index (χ1v) is 6.95. The molecule has 1 N–H and O–H groups in total. The molecule has 0 bridgehead atoms. The third-order valence-electron chi connectivity index (χ3n) is 3.36. The Bertz CT molecular complexity index is 765. The molecule has 108 valence electrons. The van der Waals surface area contributed by atoms with Gasteiger partial charge in [-0.3, -0.25) is 4.79 Å². The van der Waals surface area contributed by atoms with Gasteiger partial charge < -0.3 is 5.32 Å². The highest BCUT2D eigenvalue weighted by Gasteiger charge is 2.06. The predicted octanol–water partition coefficient (Wildman–Crippen LogP) is 4.75. The molecule has 0 aliphatic heterocycles. The fourth-order valence-corrected chi connectivity index (χ4v) is 2.18. The van der Waals surface area contributed by atoms with Gasteiger partial charge in [0, 0.05) is 11.3 Å². The smallest absolute Gasteiger partial charge is 0.255 e. The van der Waals surface area contributed by atoms with Gasteiger partial charge in [-0.05, 0) is 47.5 Å². The zero-order chi connectivity index (χ0) is 15.4. The summed E-state index contributed by atoms with van der Waals surface area (Å²) in [6, 6.07) is 23.0. The van der Waals surface area contributed by atoms with Gasteiger partial charge in [-0.2, -0.15) is 0 Å². The molecule has 0 spiro atoms. The molecule has 0 atom stereocenters. The van der Waals surface area contributed by atoms with Crippen molar-refractivity contribution in [3.63, 3.8) is 0 Å². The lowest BCUT2D eigenvalue weighted by molar-refractivity contribution is 0.102. The fraction of sp³-hybridized carbons (Fsp3) is 0. The normalized spacial score (nSPS) is 10.2. The molecule has 0 saturated carbocycles. The predicted molar refractivity (Wildman–Crippen MR) is 86.2 cm³/mol. The minimum atomic E-state index is -0.329. The summed E-state index contributed by atoms with van der Waals surface area (Å²) >= 11 is 0. The van der Waals surface area contributed by atoms with E-state index in [1.54, 1.807) is 12.1 Å². The van der Waals surface area contributed by atoms with Gasteiger partial charge in [-0.25, -0.2) is 4.39 Å². The molecule has 0 aliphatic carbocycles. The van der Waals surface area contributed by atoms with Gasteiger partial charge in [-0.15, -0.1) is 0 Å². The molecular weight excluding hydrogens is 277 g/mol. The van der Waals surface area contributed by atoms with Crippen molar-refractivity contribution in [1.82, 2.24) is 0 Å². The number of rotatable bonds is 3. The van der Waals surface area contributed by atoms with Crippen LogP contribution in [0.2, 0.25) is 0 Å². The Hall–Kier alpha value is -2.94. The number of benzene rings is 3. The van der Waals surface area contributed by atoms with Crippen molar-refractivity contribution in [3.05, 3.63) is 90.2 Å². The molecule has 0 saturated heterocycles. The molecule has 0 aromatic heterocycles. The first kappa shape index (κ1) is 14.0. The summed E-state index contributed by atoms with van der Waals surface area (Å²) in [5, 5.41) is 2.74. The summed E-state index contributed by atoms with van der Waals surface area (Å²) in [5.41, 5.74) is 3.29. The summed E-state index contributed by atoms with van der Waals surface area (Å²) in [6.45, 7) is 0. The van der Waals surface area contributed by atoms with Crippen LogP contribution in [0.3, 0.4) is 0 Å². The lowest BCUT2D eigenvalue weighted by Crippen LogP contribution is -2.11. The van der Waals surface area contributed by atoms with Crippen LogP contribution in [0.4, 0.5) is 10.1 Å². The number of amides is 1. The van der Waals surface area contributed by atoms with E-state index in [4.69, 9.17) is 0 Å². The maximum absolute atomic E-state index is 12.8. The Morgan fingerprint density at radius 2 is 1.32 bits per heavy atom. The highest BCUT2D eigenvalue weighted by atomic mass is 19.1. The van der Waals surface area contributed by atoms with Crippen LogP contribution in [0.25, 0.3) is 11.1 Å². The van der Waals surface area contributed by atoms with Crippen LogP contribution in [0, 0.1) is 5.82 Å². The lowest BCUT2D eigenvalue weighted by Gasteiger charge is -2.06. The number of hydrogen-bond donors (Lipinski definition) is 1. The van der Waals surface area contributed by atoms with Crippen LogP contribution in [-0.4, -0.2) is 5.91 Å². The van der Waals surface area contributed by atoms with Crippen molar-refractivity contribution in [3.8, 4) is 11.1 Å². The number of anilines is 1. The number of hydrogen-bond acceptors (Lipinski definition) is 1. The molecule has 1 amide bonds. The van der Waals surface area contributed by atoms with E-state index in [9.17, 15) is 9.18 Å². The van der Waals surface area contributed by atoms with Crippen LogP contribution in [0.5, 0.6) is 0 Å². The fourth-order valence-electron chi connectivity index (χ4n) is 2.18. The van der Waals surface area contributed by atoms with Gasteiger partial charge in [0.25, 0.3) is 5.91 Å². The van der Waals surface area contributed by atoms with Crippen molar-refractivity contribution in [2.75, 3.05) is 5.32 Å². The molecule has 3 aromatic carbocycles. The van der Waals surface area contributed by atoms with E-state index in [2.05, 4.69) is 5.32 Å². The minimum absolute atomic E-state index is 0.216. The topological polar surface area (TPSA) is 29.1 Å². The summed E-state index contributed by atoms with van der Waals surface area (Å²) < 4.78 is 12.8. The van der Waals surface area contributed by atoms with Crippen LogP contribution >= 0.6 is 0 Å². The molecule has 22 heavy (non-hydrogen) atoms. The maximum Gasteiger partial charge on any atom is 0.255 e. The second-order valence-corrected chi connectivity index (χ2v) is 4.90. The molecule has 2 nitrogen and oxygen atoms in total. The molecule has 0 unspecified atom stereocenters. The molecule has 0 fully saturated rings. The molecule has 0 radical (unpaired) electrons. The van der Waals surface area contributed by atoms with Gasteiger partial charge in [0.15, 0.2) is 0 Å². The van der Waals surface area contributed by atoms with E-state index < -0.39 is 0 Å². The Labute approximate surface area is 128 Å². The van der Waals surface area contributed by atoms with Crippen molar-refractivity contribution in [1.29, 1.82) is 0 Å². The van der Waals surface area contributed by atoms with Gasteiger partial charge in [0.2, 0.25) is 0 Å². The monoisotopic (exact) mass is 291 g/mol. The van der Waals surface area contributed by atoms with Gasteiger partial charge in [0.1, 0.15) is 5.82 Å². The average Bonchev–Trinajstić information content (AvgIpc) is 2.58. The summed E-state index contributed by atoms with van der Waals surface area (Å²) in [4.78, 5) is 12.1. The van der Waals surface area contributed by atoms with Crippen molar-refractivity contribution >= 4 is 11.6 Å². The summed E-state index contributed by atoms with van der Waals surface area (Å²) in [7, 11) is 0. The quantitative estimate of drug-likeness (QED) is 0.741. The lowest BCUT2D eigenvalue weighted by atomic mass is 10.0. The molecule has 3 aromatic rings. The van der Waals surface area contributed by atoms with Crippen molar-refractivity contribution in [2.24, 2.45) is 0 Å². The van der Waals surface area contributed by atoms with Crippen LogP contribution in [0.1, 0.15) is 10.4 Å². The Kier molecular flexibility index (Phi) is 3.97. The first-order chi connectivity index (χ1) is 10.7. The van der Waals surface area contributed by atoms with Crippen LogP contribution < -0.4 is 5.32 Å². The Morgan fingerprint density at radius 1 is 0.727 bits per heavy atom. The molecular formula is C19H14FNO. The standard InChI is InChI=1S/C19H14FNO/c20-17-10-12-18(13-11-17)21-19(22)16-8-6-15(7-9-16)14-4-2-1-3-5-14/h1-13H,(H,21,22). The van der Waals surface area contributed by atoms with E-state index in [1.807, 2.05) is 42.5 Å².